The van der Waals surface area contributed by atoms with E-state index >= 15 is 0 Å². The highest BCUT2D eigenvalue weighted by Gasteiger charge is 2.35. The Kier molecular flexibility index (Phi) is 7.10. The molecule has 1 fully saturated rings. The van der Waals surface area contributed by atoms with Crippen molar-refractivity contribution in [1.82, 2.24) is 10.2 Å². The van der Waals surface area contributed by atoms with Crippen molar-refractivity contribution in [3.05, 3.63) is 58.6 Å². The van der Waals surface area contributed by atoms with Gasteiger partial charge < -0.3 is 19.7 Å². The second-order valence-electron chi connectivity index (χ2n) is 6.71. The first kappa shape index (κ1) is 21.8. The van der Waals surface area contributed by atoms with E-state index in [0.717, 1.165) is 0 Å². The largest absolute Gasteiger partial charge is 0.496 e. The molecule has 0 spiro atoms. The van der Waals surface area contributed by atoms with Crippen molar-refractivity contribution in [1.29, 1.82) is 0 Å². The maximum absolute atomic E-state index is 13.0. The average Bonchev–Trinajstić information content (AvgIpc) is 3.21. The summed E-state index contributed by atoms with van der Waals surface area (Å²) in [5, 5.41) is 3.31. The lowest BCUT2D eigenvalue weighted by molar-refractivity contribution is -0.125. The number of hydrogen-bond donors (Lipinski definition) is 1. The molecular formula is C21H21ClF2N2O4. The molecule has 1 aliphatic rings. The Balaban J connectivity index is 1.72. The van der Waals surface area contributed by atoms with Gasteiger partial charge in [0.2, 0.25) is 5.91 Å². The fraction of sp³-hybridized carbons (Fsp3) is 0.333. The minimum Gasteiger partial charge on any atom is -0.496 e. The number of nitrogens with one attached hydrogen (secondary N) is 1. The lowest BCUT2D eigenvalue weighted by atomic mass is 10.1. The number of benzene rings is 2. The summed E-state index contributed by atoms with van der Waals surface area (Å²) in [6.07, 6.45) is 1.10. The normalized spacial score (nSPS) is 15.9. The monoisotopic (exact) mass is 438 g/mol. The van der Waals surface area contributed by atoms with Crippen LogP contribution >= 0.6 is 11.6 Å². The maximum atomic E-state index is 13.0. The fourth-order valence-electron chi connectivity index (χ4n) is 3.46. The van der Waals surface area contributed by atoms with Crippen molar-refractivity contribution in [2.75, 3.05) is 13.7 Å². The predicted molar refractivity (Wildman–Crippen MR) is 107 cm³/mol. The van der Waals surface area contributed by atoms with Crippen molar-refractivity contribution in [3.63, 3.8) is 0 Å². The summed E-state index contributed by atoms with van der Waals surface area (Å²) in [6.45, 7) is -2.53. The van der Waals surface area contributed by atoms with Crippen LogP contribution < -0.4 is 14.8 Å². The van der Waals surface area contributed by atoms with Gasteiger partial charge in [-0.2, -0.15) is 8.78 Å². The Labute approximate surface area is 177 Å². The first-order valence-corrected chi connectivity index (χ1v) is 9.73. The molecule has 9 heteroatoms. The number of para-hydroxylation sites is 1. The van der Waals surface area contributed by atoms with Crippen LogP contribution in [0.3, 0.4) is 0 Å². The summed E-state index contributed by atoms with van der Waals surface area (Å²) in [7, 11) is 1.52. The van der Waals surface area contributed by atoms with Crippen LogP contribution in [-0.2, 0) is 11.3 Å². The molecular weight excluding hydrogens is 418 g/mol. The third kappa shape index (κ3) is 4.99. The van der Waals surface area contributed by atoms with E-state index in [-0.39, 0.29) is 23.8 Å². The van der Waals surface area contributed by atoms with E-state index < -0.39 is 18.6 Å². The average molecular weight is 439 g/mol. The zero-order valence-corrected chi connectivity index (χ0v) is 17.0. The van der Waals surface area contributed by atoms with Crippen molar-refractivity contribution in [3.8, 4) is 11.5 Å². The molecule has 30 heavy (non-hydrogen) atoms. The first-order chi connectivity index (χ1) is 14.4. The number of likely N-dealkylation sites (tertiary alicyclic amines) is 1. The van der Waals surface area contributed by atoms with E-state index in [1.165, 1.54) is 30.2 Å². The quantitative estimate of drug-likeness (QED) is 0.712. The van der Waals surface area contributed by atoms with Crippen molar-refractivity contribution >= 4 is 23.4 Å². The second-order valence-corrected chi connectivity index (χ2v) is 7.14. The zero-order chi connectivity index (χ0) is 21.7. The number of ether oxygens (including phenoxy) is 2. The topological polar surface area (TPSA) is 67.9 Å². The second kappa shape index (κ2) is 9.75. The number of nitrogens with zero attached hydrogens (tertiary/aromatic N) is 1. The third-order valence-corrected chi connectivity index (χ3v) is 5.08. The molecule has 0 saturated carbocycles. The number of carbonyl (C=O) groups excluding carboxylic acids is 2. The van der Waals surface area contributed by atoms with Gasteiger partial charge in [-0.15, -0.1) is 0 Å². The Morgan fingerprint density at radius 2 is 2.00 bits per heavy atom. The van der Waals surface area contributed by atoms with Crippen LogP contribution in [0.15, 0.2) is 42.5 Å². The lowest BCUT2D eigenvalue weighted by Gasteiger charge is -2.25. The van der Waals surface area contributed by atoms with Crippen LogP contribution in [0.25, 0.3) is 0 Å². The van der Waals surface area contributed by atoms with Gasteiger partial charge in [-0.1, -0.05) is 23.7 Å². The molecule has 1 unspecified atom stereocenters. The summed E-state index contributed by atoms with van der Waals surface area (Å²) >= 11 is 6.01. The van der Waals surface area contributed by atoms with Gasteiger partial charge >= 0.3 is 6.61 Å². The lowest BCUT2D eigenvalue weighted by Crippen LogP contribution is -2.45. The number of rotatable bonds is 7. The van der Waals surface area contributed by atoms with Gasteiger partial charge in [-0.3, -0.25) is 9.59 Å². The summed E-state index contributed by atoms with van der Waals surface area (Å²) in [5.74, 6) is -0.497. The van der Waals surface area contributed by atoms with Crippen LogP contribution in [-0.4, -0.2) is 43.0 Å². The van der Waals surface area contributed by atoms with Crippen molar-refractivity contribution in [2.24, 2.45) is 0 Å². The van der Waals surface area contributed by atoms with Gasteiger partial charge in [0.1, 0.15) is 17.5 Å². The molecule has 0 bridgehead atoms. The standard InChI is InChI=1S/C21H21ClF2N2O4/c1-29-17-9-8-14(22)11-13(17)12-25-19(27)16-6-4-10-26(16)20(28)15-5-2-3-7-18(15)30-21(23)24/h2-3,5,7-9,11,16,21H,4,6,10,12H2,1H3,(H,25,27). The highest BCUT2D eigenvalue weighted by molar-refractivity contribution is 6.30. The maximum Gasteiger partial charge on any atom is 0.387 e. The Hall–Kier alpha value is -2.87. The molecule has 1 N–H and O–H groups in total. The first-order valence-electron chi connectivity index (χ1n) is 9.35. The van der Waals surface area contributed by atoms with E-state index in [2.05, 4.69) is 10.1 Å². The van der Waals surface area contributed by atoms with Gasteiger partial charge in [0.15, 0.2) is 0 Å². The zero-order valence-electron chi connectivity index (χ0n) is 16.2. The van der Waals surface area contributed by atoms with Gasteiger partial charge in [0, 0.05) is 23.7 Å². The molecule has 1 saturated heterocycles. The van der Waals surface area contributed by atoms with Crippen LogP contribution in [0.1, 0.15) is 28.8 Å². The van der Waals surface area contributed by atoms with E-state index in [9.17, 15) is 18.4 Å². The Bertz CT molecular complexity index is 926. The third-order valence-electron chi connectivity index (χ3n) is 4.85. The van der Waals surface area contributed by atoms with E-state index in [1.807, 2.05) is 0 Å². The number of carbonyl (C=O) groups is 2. The smallest absolute Gasteiger partial charge is 0.387 e. The van der Waals surface area contributed by atoms with E-state index in [4.69, 9.17) is 16.3 Å². The number of alkyl halides is 2. The highest BCUT2D eigenvalue weighted by Crippen LogP contribution is 2.27. The molecule has 3 rings (SSSR count). The molecule has 2 aromatic carbocycles. The number of amides is 2. The SMILES string of the molecule is COc1ccc(Cl)cc1CNC(=O)C1CCCN1C(=O)c1ccccc1OC(F)F. The summed E-state index contributed by atoms with van der Waals surface area (Å²) < 4.78 is 35.1. The van der Waals surface area contributed by atoms with Gasteiger partial charge in [-0.05, 0) is 43.2 Å². The predicted octanol–water partition coefficient (Wildman–Crippen LogP) is 3.87. The van der Waals surface area contributed by atoms with E-state index in [1.54, 1.807) is 24.3 Å². The molecule has 1 heterocycles. The highest BCUT2D eigenvalue weighted by atomic mass is 35.5. The van der Waals surface area contributed by atoms with Crippen LogP contribution in [0.4, 0.5) is 8.78 Å². The number of hydrogen-bond acceptors (Lipinski definition) is 4. The van der Waals surface area contributed by atoms with E-state index in [0.29, 0.717) is 35.7 Å². The summed E-state index contributed by atoms with van der Waals surface area (Å²) in [5.41, 5.74) is 0.693. The summed E-state index contributed by atoms with van der Waals surface area (Å²) in [4.78, 5) is 27.1. The number of halogens is 3. The fourth-order valence-corrected chi connectivity index (χ4v) is 3.66. The minimum absolute atomic E-state index is 0.00555. The molecule has 0 radical (unpaired) electrons. The molecule has 2 amide bonds. The molecule has 2 aromatic rings. The van der Waals surface area contributed by atoms with Gasteiger partial charge in [0.25, 0.3) is 5.91 Å². The van der Waals surface area contributed by atoms with Crippen molar-refractivity contribution < 1.29 is 27.8 Å². The molecule has 1 atom stereocenters. The molecule has 0 aliphatic carbocycles. The van der Waals surface area contributed by atoms with Gasteiger partial charge in [-0.25, -0.2) is 0 Å². The molecule has 0 aromatic heterocycles. The van der Waals surface area contributed by atoms with Crippen LogP contribution in [0.5, 0.6) is 11.5 Å². The van der Waals surface area contributed by atoms with Crippen molar-refractivity contribution in [2.45, 2.75) is 32.0 Å². The van der Waals surface area contributed by atoms with Gasteiger partial charge in [0.05, 0.1) is 12.7 Å². The Morgan fingerprint density at radius 1 is 1.23 bits per heavy atom. The summed E-state index contributed by atoms with van der Waals surface area (Å²) in [6, 6.07) is 10.1. The molecule has 160 valence electrons. The minimum atomic E-state index is -3.05. The van der Waals surface area contributed by atoms with Crippen LogP contribution in [0.2, 0.25) is 5.02 Å². The Morgan fingerprint density at radius 3 is 2.73 bits per heavy atom. The number of methoxy groups -OCH3 is 1. The van der Waals surface area contributed by atoms with Crippen LogP contribution in [0, 0.1) is 0 Å². The molecule has 6 nitrogen and oxygen atoms in total. The molecule has 1 aliphatic heterocycles.